The molecule has 2 aromatic rings. The van der Waals surface area contributed by atoms with Crippen LogP contribution in [-0.4, -0.2) is 22.0 Å². The van der Waals surface area contributed by atoms with Gasteiger partial charge in [0.05, 0.1) is 16.6 Å². The maximum Gasteiger partial charge on any atom is 0.337 e. The monoisotopic (exact) mass is 438 g/mol. The first-order chi connectivity index (χ1) is 15.2. The third-order valence-electron chi connectivity index (χ3n) is 5.57. The minimum absolute atomic E-state index is 0.0540. The van der Waals surface area contributed by atoms with Gasteiger partial charge in [-0.1, -0.05) is 32.4 Å². The molecule has 8 heteroatoms. The average molecular weight is 439 g/mol. The van der Waals surface area contributed by atoms with Crippen LogP contribution in [0.3, 0.4) is 0 Å². The number of carbonyl (C=O) groups is 1. The van der Waals surface area contributed by atoms with Gasteiger partial charge in [0.25, 0.3) is 5.69 Å². The average Bonchev–Trinajstić information content (AvgIpc) is 2.72. The topological polar surface area (TPSA) is 120 Å². The fourth-order valence-electron chi connectivity index (χ4n) is 4.24. The zero-order chi connectivity index (χ0) is 23.6. The fourth-order valence-corrected chi connectivity index (χ4v) is 4.24. The van der Waals surface area contributed by atoms with Crippen LogP contribution < -0.4 is 11.1 Å². The molecule has 0 radical (unpaired) electrons. The predicted octanol–water partition coefficient (Wildman–Crippen LogP) is 4.87. The third kappa shape index (κ3) is 4.30. The zero-order valence-electron chi connectivity index (χ0n) is 19.2. The summed E-state index contributed by atoms with van der Waals surface area (Å²) in [5, 5.41) is 14.7. The number of nitro benzene ring substituents is 1. The Labute approximate surface area is 188 Å². The molecule has 0 saturated carbocycles. The first kappa shape index (κ1) is 23.2. The van der Waals surface area contributed by atoms with Crippen LogP contribution in [0.1, 0.15) is 69.3 Å². The highest BCUT2D eigenvalue weighted by Crippen LogP contribution is 2.46. The number of benzene rings is 1. The van der Waals surface area contributed by atoms with E-state index in [1.807, 2.05) is 6.92 Å². The number of nitrogens with two attached hydrogens (primary N) is 1. The summed E-state index contributed by atoms with van der Waals surface area (Å²) in [6.07, 6.45) is 2.09. The first-order valence-electron chi connectivity index (χ1n) is 10.9. The molecule has 1 aliphatic rings. The van der Waals surface area contributed by atoms with Crippen molar-refractivity contribution in [3.8, 4) is 0 Å². The van der Waals surface area contributed by atoms with Crippen LogP contribution in [0.15, 0.2) is 35.5 Å². The van der Waals surface area contributed by atoms with Gasteiger partial charge < -0.3 is 15.8 Å². The van der Waals surface area contributed by atoms with Gasteiger partial charge in [-0.2, -0.15) is 0 Å². The van der Waals surface area contributed by atoms with Gasteiger partial charge in [0.2, 0.25) is 0 Å². The number of hydrogen-bond donors (Lipinski definition) is 2. The van der Waals surface area contributed by atoms with Crippen LogP contribution in [0.25, 0.3) is 0 Å². The summed E-state index contributed by atoms with van der Waals surface area (Å²) in [7, 11) is 0. The van der Waals surface area contributed by atoms with Crippen molar-refractivity contribution in [3.05, 3.63) is 68.0 Å². The van der Waals surface area contributed by atoms with Crippen LogP contribution in [0.2, 0.25) is 0 Å². The van der Waals surface area contributed by atoms with Crippen molar-refractivity contribution in [2.45, 2.75) is 65.9 Å². The number of ether oxygens (including phenoxy) is 1. The van der Waals surface area contributed by atoms with Crippen LogP contribution in [-0.2, 0) is 22.4 Å². The summed E-state index contributed by atoms with van der Waals surface area (Å²) < 4.78 is 5.53. The largest absolute Gasteiger partial charge is 0.460 e. The van der Waals surface area contributed by atoms with Gasteiger partial charge >= 0.3 is 5.97 Å². The standard InChI is InChI=1S/C24H30N4O4/c1-6-9-18-17(7-2)22(25)21-20(15-10-8-11-16(12-15)28(30)31)19(24(29)32-13(3)4)14(5)26-23(21)27-18/h8,10-13,20H,6-7,9H2,1-5H3,(H3,25,26,27). The Morgan fingerprint density at radius 1 is 1.34 bits per heavy atom. The highest BCUT2D eigenvalue weighted by atomic mass is 16.6. The van der Waals surface area contributed by atoms with Crippen molar-refractivity contribution in [3.63, 3.8) is 0 Å². The molecule has 1 atom stereocenters. The minimum atomic E-state index is -0.633. The molecular formula is C24H30N4O4. The van der Waals surface area contributed by atoms with Crippen molar-refractivity contribution in [2.24, 2.45) is 0 Å². The number of nitrogen functional groups attached to an aromatic ring is 1. The smallest absolute Gasteiger partial charge is 0.337 e. The fraction of sp³-hybridized carbons (Fsp3) is 0.417. The highest BCUT2D eigenvalue weighted by molar-refractivity contribution is 5.95. The lowest BCUT2D eigenvalue weighted by atomic mass is 9.79. The number of aromatic nitrogens is 1. The van der Waals surface area contributed by atoms with Crippen molar-refractivity contribution in [2.75, 3.05) is 11.1 Å². The Morgan fingerprint density at radius 2 is 2.06 bits per heavy atom. The quantitative estimate of drug-likeness (QED) is 0.359. The number of pyridine rings is 1. The van der Waals surface area contributed by atoms with E-state index in [2.05, 4.69) is 12.2 Å². The number of non-ortho nitro benzene ring substituents is 1. The molecule has 0 saturated heterocycles. The second kappa shape index (κ2) is 9.38. The van der Waals surface area contributed by atoms with Gasteiger partial charge in [0.15, 0.2) is 0 Å². The molecule has 3 rings (SSSR count). The molecule has 32 heavy (non-hydrogen) atoms. The van der Waals surface area contributed by atoms with E-state index < -0.39 is 16.8 Å². The van der Waals surface area contributed by atoms with Crippen molar-refractivity contribution in [1.29, 1.82) is 0 Å². The van der Waals surface area contributed by atoms with E-state index in [0.717, 1.165) is 24.1 Å². The van der Waals surface area contributed by atoms with E-state index >= 15 is 0 Å². The van der Waals surface area contributed by atoms with Gasteiger partial charge in [-0.3, -0.25) is 10.1 Å². The molecule has 8 nitrogen and oxygen atoms in total. The number of nitrogens with one attached hydrogen (secondary N) is 1. The number of hydrogen-bond acceptors (Lipinski definition) is 7. The first-order valence-corrected chi connectivity index (χ1v) is 10.9. The number of rotatable bonds is 7. The Bertz CT molecular complexity index is 1090. The maximum absolute atomic E-state index is 13.2. The molecule has 0 spiro atoms. The normalized spacial score (nSPS) is 15.4. The molecule has 1 unspecified atom stereocenters. The van der Waals surface area contributed by atoms with Crippen LogP contribution >= 0.6 is 0 Å². The molecule has 0 aliphatic carbocycles. The van der Waals surface area contributed by atoms with E-state index in [4.69, 9.17) is 15.5 Å². The second-order valence-corrected chi connectivity index (χ2v) is 8.22. The van der Waals surface area contributed by atoms with Crippen LogP contribution in [0.4, 0.5) is 17.2 Å². The van der Waals surface area contributed by atoms with Crippen LogP contribution in [0, 0.1) is 10.1 Å². The molecule has 170 valence electrons. The lowest BCUT2D eigenvalue weighted by Gasteiger charge is -2.32. The minimum Gasteiger partial charge on any atom is -0.460 e. The number of carbonyl (C=O) groups excluding carboxylic acids is 1. The Balaban J connectivity index is 2.31. The van der Waals surface area contributed by atoms with Gasteiger partial charge in [-0.15, -0.1) is 0 Å². The maximum atomic E-state index is 13.2. The number of aryl methyl sites for hydroxylation is 1. The Hall–Kier alpha value is -3.42. The number of fused-ring (bicyclic) bond motifs is 1. The number of nitrogens with zero attached hydrogens (tertiary/aromatic N) is 2. The van der Waals surface area contributed by atoms with Gasteiger partial charge in [0, 0.05) is 40.7 Å². The summed E-state index contributed by atoms with van der Waals surface area (Å²) in [5.41, 5.74) is 11.3. The van der Waals surface area contributed by atoms with E-state index in [1.165, 1.54) is 12.1 Å². The predicted molar refractivity (Wildman–Crippen MR) is 125 cm³/mol. The third-order valence-corrected chi connectivity index (χ3v) is 5.57. The van der Waals surface area contributed by atoms with Gasteiger partial charge in [0.1, 0.15) is 5.82 Å². The van der Waals surface area contributed by atoms with Crippen LogP contribution in [0.5, 0.6) is 0 Å². The number of anilines is 2. The molecule has 2 heterocycles. The summed E-state index contributed by atoms with van der Waals surface area (Å²) >= 11 is 0. The summed E-state index contributed by atoms with van der Waals surface area (Å²) in [5.74, 6) is -0.536. The van der Waals surface area contributed by atoms with E-state index in [9.17, 15) is 14.9 Å². The molecule has 3 N–H and O–H groups in total. The van der Waals surface area contributed by atoms with Gasteiger partial charge in [-0.25, -0.2) is 9.78 Å². The molecular weight excluding hydrogens is 408 g/mol. The highest BCUT2D eigenvalue weighted by Gasteiger charge is 2.37. The molecule has 0 amide bonds. The molecule has 0 fully saturated rings. The SMILES string of the molecule is CCCc1nc2c(c(N)c1CC)C(c1cccc([N+](=O)[O-])c1)C(C(=O)OC(C)C)=C(C)N2. The van der Waals surface area contributed by atoms with Crippen molar-refractivity contribution < 1.29 is 14.5 Å². The van der Waals surface area contributed by atoms with E-state index in [0.29, 0.717) is 40.3 Å². The molecule has 1 aromatic carbocycles. The zero-order valence-corrected chi connectivity index (χ0v) is 19.2. The molecule has 1 aliphatic heterocycles. The number of esters is 1. The molecule has 1 aromatic heterocycles. The lowest BCUT2D eigenvalue weighted by Crippen LogP contribution is -2.28. The van der Waals surface area contributed by atoms with Gasteiger partial charge in [-0.05, 0) is 44.7 Å². The van der Waals surface area contributed by atoms with Crippen molar-refractivity contribution in [1.82, 2.24) is 4.98 Å². The van der Waals surface area contributed by atoms with E-state index in [-0.39, 0.29) is 11.8 Å². The number of allylic oxidation sites excluding steroid dienone is 1. The molecule has 0 bridgehead atoms. The number of nitro groups is 1. The Kier molecular flexibility index (Phi) is 6.81. The second-order valence-electron chi connectivity index (χ2n) is 8.22. The summed E-state index contributed by atoms with van der Waals surface area (Å²) in [6.45, 7) is 9.45. The van der Waals surface area contributed by atoms with Crippen molar-refractivity contribution >= 4 is 23.2 Å². The Morgan fingerprint density at radius 3 is 2.66 bits per heavy atom. The lowest BCUT2D eigenvalue weighted by molar-refractivity contribution is -0.384. The summed E-state index contributed by atoms with van der Waals surface area (Å²) in [6, 6.07) is 6.30. The summed E-state index contributed by atoms with van der Waals surface area (Å²) in [4.78, 5) is 29.0. The van der Waals surface area contributed by atoms with E-state index in [1.54, 1.807) is 32.9 Å².